The molecule has 0 amide bonds. The first kappa shape index (κ1) is 26.1. The molecule has 1 nitrogen and oxygen atoms in total. The van der Waals surface area contributed by atoms with Crippen molar-refractivity contribution in [3.05, 3.63) is 170 Å². The summed E-state index contributed by atoms with van der Waals surface area (Å²) in [6.07, 6.45) is 0. The summed E-state index contributed by atoms with van der Waals surface area (Å²) in [5, 5.41) is 12.3. The SMILES string of the molecule is c1ccc(-c2c3ccccc3c(-c3cccc4oc5ccc(-c6c7ccccc7cc7ccccc67)cc5c34)c3ccccc23)cc1. The van der Waals surface area contributed by atoms with Crippen molar-refractivity contribution in [2.45, 2.75) is 0 Å². The molecular weight excluding hydrogens is 569 g/mol. The molecule has 1 aromatic heterocycles. The molecule has 9 aromatic carbocycles. The van der Waals surface area contributed by atoms with Crippen molar-refractivity contribution in [2.75, 3.05) is 0 Å². The summed E-state index contributed by atoms with van der Waals surface area (Å²) >= 11 is 0. The van der Waals surface area contributed by atoms with Crippen molar-refractivity contribution in [2.24, 2.45) is 0 Å². The number of furan rings is 1. The lowest BCUT2D eigenvalue weighted by molar-refractivity contribution is 0.669. The minimum Gasteiger partial charge on any atom is -0.456 e. The van der Waals surface area contributed by atoms with E-state index in [1.165, 1.54) is 76.5 Å². The minimum atomic E-state index is 0.898. The van der Waals surface area contributed by atoms with Crippen LogP contribution in [0.2, 0.25) is 0 Å². The zero-order valence-electron chi connectivity index (χ0n) is 25.6. The highest BCUT2D eigenvalue weighted by Crippen LogP contribution is 2.47. The molecule has 0 fully saturated rings. The molecule has 0 radical (unpaired) electrons. The molecule has 1 heterocycles. The van der Waals surface area contributed by atoms with E-state index in [0.29, 0.717) is 0 Å². The fourth-order valence-electron chi connectivity index (χ4n) is 7.85. The van der Waals surface area contributed by atoms with Gasteiger partial charge in [0, 0.05) is 10.8 Å². The molecule has 0 aliphatic heterocycles. The molecule has 10 aromatic rings. The molecule has 0 saturated carbocycles. The average molecular weight is 597 g/mol. The molecular formula is C46H28O. The first-order valence-corrected chi connectivity index (χ1v) is 16.2. The van der Waals surface area contributed by atoms with Crippen LogP contribution < -0.4 is 0 Å². The van der Waals surface area contributed by atoms with E-state index >= 15 is 0 Å². The van der Waals surface area contributed by atoms with Crippen LogP contribution in [0.25, 0.3) is 98.4 Å². The van der Waals surface area contributed by atoms with E-state index in [1.807, 2.05) is 0 Å². The van der Waals surface area contributed by atoms with Crippen molar-refractivity contribution in [1.29, 1.82) is 0 Å². The van der Waals surface area contributed by atoms with Gasteiger partial charge in [0.05, 0.1) is 0 Å². The molecule has 0 spiro atoms. The van der Waals surface area contributed by atoms with E-state index in [0.717, 1.165) is 21.9 Å². The van der Waals surface area contributed by atoms with Crippen LogP contribution in [0.1, 0.15) is 0 Å². The highest BCUT2D eigenvalue weighted by Gasteiger charge is 2.21. The lowest BCUT2D eigenvalue weighted by Crippen LogP contribution is -1.91. The van der Waals surface area contributed by atoms with Gasteiger partial charge in [0.15, 0.2) is 0 Å². The van der Waals surface area contributed by atoms with E-state index in [-0.39, 0.29) is 0 Å². The lowest BCUT2D eigenvalue weighted by atomic mass is 9.85. The first-order valence-electron chi connectivity index (χ1n) is 16.2. The lowest BCUT2D eigenvalue weighted by Gasteiger charge is -2.18. The van der Waals surface area contributed by atoms with Crippen LogP contribution in [-0.2, 0) is 0 Å². The predicted octanol–water partition coefficient (Wildman–Crippen LogP) is 13.2. The van der Waals surface area contributed by atoms with Gasteiger partial charge in [0.2, 0.25) is 0 Å². The van der Waals surface area contributed by atoms with Gasteiger partial charge in [-0.15, -0.1) is 0 Å². The van der Waals surface area contributed by atoms with Crippen LogP contribution in [0.3, 0.4) is 0 Å². The molecule has 0 saturated heterocycles. The van der Waals surface area contributed by atoms with E-state index in [1.54, 1.807) is 0 Å². The summed E-state index contributed by atoms with van der Waals surface area (Å²) < 4.78 is 6.60. The molecule has 0 bridgehead atoms. The summed E-state index contributed by atoms with van der Waals surface area (Å²) in [5.41, 5.74) is 9.18. The second-order valence-corrected chi connectivity index (χ2v) is 12.4. The van der Waals surface area contributed by atoms with E-state index in [2.05, 4.69) is 170 Å². The van der Waals surface area contributed by atoms with Crippen LogP contribution >= 0.6 is 0 Å². The number of fused-ring (bicyclic) bond motifs is 7. The van der Waals surface area contributed by atoms with E-state index in [4.69, 9.17) is 4.42 Å². The van der Waals surface area contributed by atoms with Crippen LogP contribution in [0, 0.1) is 0 Å². The molecule has 0 aliphatic rings. The Bertz CT molecular complexity index is 2730. The molecule has 0 N–H and O–H groups in total. The topological polar surface area (TPSA) is 13.1 Å². The Morgan fingerprint density at radius 2 is 0.830 bits per heavy atom. The zero-order valence-corrected chi connectivity index (χ0v) is 25.6. The summed E-state index contributed by atoms with van der Waals surface area (Å²) in [6, 6.07) is 61.5. The van der Waals surface area contributed by atoms with Crippen molar-refractivity contribution in [3.8, 4) is 33.4 Å². The van der Waals surface area contributed by atoms with Crippen molar-refractivity contribution in [1.82, 2.24) is 0 Å². The van der Waals surface area contributed by atoms with Crippen LogP contribution in [0.15, 0.2) is 174 Å². The molecule has 47 heavy (non-hydrogen) atoms. The highest BCUT2D eigenvalue weighted by atomic mass is 16.3. The Labute approximate surface area is 271 Å². The standard InChI is InChI=1S/C46H28O/c1-2-13-29(14-3-1)43-35-19-8-10-21-37(35)45(38-22-11-9-20-36(38)43)39-23-12-24-42-46(39)40-28-32(25-26-41(40)47-42)44-33-17-6-4-15-30(33)27-31-16-5-7-18-34(31)44/h1-28H. The predicted molar refractivity (Wildman–Crippen MR) is 200 cm³/mol. The molecule has 1 heteroatoms. The number of hydrogen-bond acceptors (Lipinski definition) is 1. The normalized spacial score (nSPS) is 11.8. The quantitative estimate of drug-likeness (QED) is 0.185. The van der Waals surface area contributed by atoms with Gasteiger partial charge in [-0.05, 0) is 101 Å². The Kier molecular flexibility index (Phi) is 5.64. The monoisotopic (exact) mass is 596 g/mol. The second-order valence-electron chi connectivity index (χ2n) is 12.4. The Hall–Kier alpha value is -6.18. The number of rotatable bonds is 3. The maximum Gasteiger partial charge on any atom is 0.136 e. The third-order valence-electron chi connectivity index (χ3n) is 9.82. The molecule has 0 aliphatic carbocycles. The number of benzene rings is 9. The minimum absolute atomic E-state index is 0.898. The van der Waals surface area contributed by atoms with Crippen LogP contribution in [0.4, 0.5) is 0 Å². The summed E-state index contributed by atoms with van der Waals surface area (Å²) in [5.74, 6) is 0. The van der Waals surface area contributed by atoms with Crippen LogP contribution in [0.5, 0.6) is 0 Å². The molecule has 10 rings (SSSR count). The van der Waals surface area contributed by atoms with Gasteiger partial charge in [0.1, 0.15) is 11.2 Å². The first-order chi connectivity index (χ1) is 23.3. The van der Waals surface area contributed by atoms with E-state index < -0.39 is 0 Å². The molecule has 0 unspecified atom stereocenters. The van der Waals surface area contributed by atoms with Crippen molar-refractivity contribution < 1.29 is 4.42 Å². The fraction of sp³-hybridized carbons (Fsp3) is 0. The van der Waals surface area contributed by atoms with Gasteiger partial charge in [-0.1, -0.05) is 146 Å². The number of hydrogen-bond donors (Lipinski definition) is 0. The van der Waals surface area contributed by atoms with Crippen LogP contribution in [-0.4, -0.2) is 0 Å². The van der Waals surface area contributed by atoms with Gasteiger partial charge < -0.3 is 4.42 Å². The van der Waals surface area contributed by atoms with Gasteiger partial charge in [-0.25, -0.2) is 0 Å². The van der Waals surface area contributed by atoms with Gasteiger partial charge in [0.25, 0.3) is 0 Å². The van der Waals surface area contributed by atoms with Crippen molar-refractivity contribution in [3.63, 3.8) is 0 Å². The van der Waals surface area contributed by atoms with Crippen molar-refractivity contribution >= 4 is 65.0 Å². The summed E-state index contributed by atoms with van der Waals surface area (Å²) in [7, 11) is 0. The second kappa shape index (κ2) is 10.2. The largest absolute Gasteiger partial charge is 0.456 e. The zero-order chi connectivity index (χ0) is 30.9. The maximum absolute atomic E-state index is 6.60. The molecule has 218 valence electrons. The smallest absolute Gasteiger partial charge is 0.136 e. The summed E-state index contributed by atoms with van der Waals surface area (Å²) in [6.45, 7) is 0. The third-order valence-corrected chi connectivity index (χ3v) is 9.82. The maximum atomic E-state index is 6.60. The fourth-order valence-corrected chi connectivity index (χ4v) is 7.85. The average Bonchev–Trinajstić information content (AvgIpc) is 3.51. The molecule has 0 atom stereocenters. The highest BCUT2D eigenvalue weighted by molar-refractivity contribution is 6.26. The Morgan fingerprint density at radius 3 is 1.47 bits per heavy atom. The Morgan fingerprint density at radius 1 is 0.298 bits per heavy atom. The summed E-state index contributed by atoms with van der Waals surface area (Å²) in [4.78, 5) is 0. The Balaban J connectivity index is 1.32. The third kappa shape index (κ3) is 3.90. The van der Waals surface area contributed by atoms with Gasteiger partial charge in [-0.2, -0.15) is 0 Å². The van der Waals surface area contributed by atoms with Gasteiger partial charge in [-0.3, -0.25) is 0 Å². The van der Waals surface area contributed by atoms with E-state index in [9.17, 15) is 0 Å². The van der Waals surface area contributed by atoms with Gasteiger partial charge >= 0.3 is 0 Å².